The Morgan fingerprint density at radius 2 is 1.27 bits per heavy atom. The molecule has 12 nitrogen and oxygen atoms in total. The van der Waals surface area contributed by atoms with E-state index in [0.29, 0.717) is 0 Å². The molecule has 40 heavy (non-hydrogen) atoms. The molecule has 0 fully saturated rings. The minimum absolute atomic E-state index is 0.0678. The summed E-state index contributed by atoms with van der Waals surface area (Å²) in [6, 6.07) is 12.9. The SMILES string of the molecule is C[C@H](NC(=O)OCC1c2ccccc2-c2ccccc21)C(=O)N[C@@H](C)C(=O)N[C@@H](C)C(=O)NCOCCC(=O)O. The molecule has 0 bridgehead atoms. The summed E-state index contributed by atoms with van der Waals surface area (Å²) in [5, 5.41) is 18.4. The highest BCUT2D eigenvalue weighted by Gasteiger charge is 2.30. The number of ether oxygens (including phenoxy) is 2. The standard InChI is InChI=1S/C28H34N4O8/c1-16(25(35)29-15-39-13-12-24(33)34)30-26(36)17(2)31-27(37)18(3)32-28(38)40-14-23-21-10-6-4-8-19(21)20-9-5-7-11-22(20)23/h4-11,16-18,23H,12-15H2,1-3H3,(H,29,35)(H,30,36)(H,31,37)(H,32,38)(H,33,34)/t16-,17-,18-/m0/s1. The van der Waals surface area contributed by atoms with E-state index in [1.807, 2.05) is 48.5 Å². The molecular weight excluding hydrogens is 520 g/mol. The van der Waals surface area contributed by atoms with Gasteiger partial charge in [0.15, 0.2) is 0 Å². The molecule has 0 spiro atoms. The highest BCUT2D eigenvalue weighted by atomic mass is 16.5. The molecule has 1 aliphatic rings. The van der Waals surface area contributed by atoms with Gasteiger partial charge in [-0.25, -0.2) is 4.79 Å². The van der Waals surface area contributed by atoms with Crippen molar-refractivity contribution < 1.29 is 38.6 Å². The largest absolute Gasteiger partial charge is 0.481 e. The Bertz CT molecular complexity index is 1200. The van der Waals surface area contributed by atoms with Gasteiger partial charge < -0.3 is 35.8 Å². The fraction of sp³-hybridized carbons (Fsp3) is 0.393. The average Bonchev–Trinajstić information content (AvgIpc) is 3.24. The van der Waals surface area contributed by atoms with E-state index in [4.69, 9.17) is 14.6 Å². The van der Waals surface area contributed by atoms with Crippen LogP contribution in [0.3, 0.4) is 0 Å². The third-order valence-corrected chi connectivity index (χ3v) is 6.38. The van der Waals surface area contributed by atoms with Gasteiger partial charge in [-0.15, -0.1) is 0 Å². The van der Waals surface area contributed by atoms with Gasteiger partial charge in [0.1, 0.15) is 31.5 Å². The fourth-order valence-corrected chi connectivity index (χ4v) is 4.20. The molecule has 3 rings (SSSR count). The molecule has 1 aliphatic carbocycles. The third-order valence-electron chi connectivity index (χ3n) is 6.38. The first-order valence-corrected chi connectivity index (χ1v) is 12.9. The molecule has 214 valence electrons. The third kappa shape index (κ3) is 8.03. The predicted molar refractivity (Wildman–Crippen MR) is 144 cm³/mol. The monoisotopic (exact) mass is 554 g/mol. The first-order valence-electron chi connectivity index (χ1n) is 12.9. The van der Waals surface area contributed by atoms with Gasteiger partial charge in [-0.2, -0.15) is 0 Å². The molecule has 3 atom stereocenters. The summed E-state index contributed by atoms with van der Waals surface area (Å²) in [4.78, 5) is 60.0. The van der Waals surface area contributed by atoms with Crippen molar-refractivity contribution in [2.75, 3.05) is 19.9 Å². The maximum absolute atomic E-state index is 12.6. The van der Waals surface area contributed by atoms with Crippen molar-refractivity contribution in [2.24, 2.45) is 0 Å². The van der Waals surface area contributed by atoms with Gasteiger partial charge in [-0.1, -0.05) is 48.5 Å². The predicted octanol–water partition coefficient (Wildman–Crippen LogP) is 1.49. The van der Waals surface area contributed by atoms with Crippen molar-refractivity contribution in [3.63, 3.8) is 0 Å². The number of carbonyl (C=O) groups excluding carboxylic acids is 4. The molecule has 0 aliphatic heterocycles. The van der Waals surface area contributed by atoms with Gasteiger partial charge in [0.25, 0.3) is 0 Å². The minimum atomic E-state index is -1.02. The number of fused-ring (bicyclic) bond motifs is 3. The number of carbonyl (C=O) groups is 5. The van der Waals surface area contributed by atoms with Crippen molar-refractivity contribution in [2.45, 2.75) is 51.2 Å². The molecule has 2 aromatic rings. The van der Waals surface area contributed by atoms with Gasteiger partial charge in [-0.05, 0) is 43.0 Å². The van der Waals surface area contributed by atoms with Crippen LogP contribution in [-0.2, 0) is 28.7 Å². The second-order valence-corrected chi connectivity index (χ2v) is 9.39. The number of carboxylic acids is 1. The van der Waals surface area contributed by atoms with Crippen molar-refractivity contribution in [1.29, 1.82) is 0 Å². The maximum Gasteiger partial charge on any atom is 0.407 e. The summed E-state index contributed by atoms with van der Waals surface area (Å²) in [7, 11) is 0. The lowest BCUT2D eigenvalue weighted by Crippen LogP contribution is -2.54. The number of carboxylic acid groups (broad SMARTS) is 1. The summed E-state index contributed by atoms with van der Waals surface area (Å²) in [5.74, 6) is -2.92. The van der Waals surface area contributed by atoms with Crippen LogP contribution in [0.15, 0.2) is 48.5 Å². The van der Waals surface area contributed by atoms with Crippen LogP contribution >= 0.6 is 0 Å². The summed E-state index contributed by atoms with van der Waals surface area (Å²) in [6.45, 7) is 4.16. The Hall–Kier alpha value is -4.45. The lowest BCUT2D eigenvalue weighted by atomic mass is 9.98. The van der Waals surface area contributed by atoms with Crippen LogP contribution in [0.2, 0.25) is 0 Å². The van der Waals surface area contributed by atoms with Crippen LogP contribution in [0.1, 0.15) is 44.2 Å². The summed E-state index contributed by atoms with van der Waals surface area (Å²) in [6.07, 6.45) is -0.967. The van der Waals surface area contributed by atoms with Gasteiger partial charge in [-0.3, -0.25) is 19.2 Å². The number of nitrogens with one attached hydrogen (secondary N) is 4. The maximum atomic E-state index is 12.6. The van der Waals surface area contributed by atoms with Crippen molar-refractivity contribution in [3.8, 4) is 11.1 Å². The molecular formula is C28H34N4O8. The Kier molecular flexibility index (Phi) is 10.6. The lowest BCUT2D eigenvalue weighted by Gasteiger charge is -2.21. The molecule has 12 heteroatoms. The van der Waals surface area contributed by atoms with Crippen molar-refractivity contribution in [3.05, 3.63) is 59.7 Å². The zero-order valence-electron chi connectivity index (χ0n) is 22.6. The number of amides is 4. The van der Waals surface area contributed by atoms with Gasteiger partial charge in [0.05, 0.1) is 13.0 Å². The quantitative estimate of drug-likeness (QED) is 0.183. The van der Waals surface area contributed by atoms with Crippen molar-refractivity contribution >= 4 is 29.8 Å². The average molecular weight is 555 g/mol. The molecule has 0 heterocycles. The number of benzene rings is 2. The number of rotatable bonds is 13. The molecule has 0 aromatic heterocycles. The van der Waals surface area contributed by atoms with Crippen LogP contribution in [0.25, 0.3) is 11.1 Å². The zero-order chi connectivity index (χ0) is 29.2. The molecule has 4 amide bonds. The lowest BCUT2D eigenvalue weighted by molar-refractivity contribution is -0.138. The first kappa shape index (κ1) is 30.1. The summed E-state index contributed by atoms with van der Waals surface area (Å²) >= 11 is 0. The molecule has 5 N–H and O–H groups in total. The topological polar surface area (TPSA) is 172 Å². The van der Waals surface area contributed by atoms with E-state index in [1.165, 1.54) is 20.8 Å². The van der Waals surface area contributed by atoms with E-state index in [0.717, 1.165) is 22.3 Å². The molecule has 0 saturated carbocycles. The summed E-state index contributed by atoms with van der Waals surface area (Å²) in [5.41, 5.74) is 4.33. The first-order chi connectivity index (χ1) is 19.1. The Balaban J connectivity index is 1.41. The fourth-order valence-electron chi connectivity index (χ4n) is 4.20. The molecule has 0 unspecified atom stereocenters. The van der Waals surface area contributed by atoms with Crippen LogP contribution in [0, 0.1) is 0 Å². The van der Waals surface area contributed by atoms with Crippen LogP contribution in [-0.4, -0.2) is 73.0 Å². The van der Waals surface area contributed by atoms with Crippen LogP contribution in [0.5, 0.6) is 0 Å². The van der Waals surface area contributed by atoms with Crippen LogP contribution < -0.4 is 21.3 Å². The summed E-state index contributed by atoms with van der Waals surface area (Å²) < 4.78 is 10.4. The Labute approximate surface area is 231 Å². The van der Waals surface area contributed by atoms with Gasteiger partial charge in [0, 0.05) is 5.92 Å². The molecule has 0 radical (unpaired) electrons. The van der Waals surface area contributed by atoms with E-state index < -0.39 is 47.9 Å². The number of hydrogen-bond donors (Lipinski definition) is 5. The zero-order valence-corrected chi connectivity index (χ0v) is 22.6. The normalized spacial score (nSPS) is 14.1. The molecule has 0 saturated heterocycles. The molecule has 2 aromatic carbocycles. The highest BCUT2D eigenvalue weighted by molar-refractivity contribution is 5.93. The van der Waals surface area contributed by atoms with Crippen molar-refractivity contribution in [1.82, 2.24) is 21.3 Å². The number of hydrogen-bond acceptors (Lipinski definition) is 7. The minimum Gasteiger partial charge on any atom is -0.481 e. The van der Waals surface area contributed by atoms with E-state index >= 15 is 0 Å². The smallest absolute Gasteiger partial charge is 0.407 e. The number of alkyl carbamates (subject to hydrolysis) is 1. The van der Waals surface area contributed by atoms with Crippen LogP contribution in [0.4, 0.5) is 4.79 Å². The van der Waals surface area contributed by atoms with E-state index in [9.17, 15) is 24.0 Å². The second kappa shape index (κ2) is 14.1. The van der Waals surface area contributed by atoms with E-state index in [1.54, 1.807) is 0 Å². The van der Waals surface area contributed by atoms with Gasteiger partial charge >= 0.3 is 12.1 Å². The van der Waals surface area contributed by atoms with Gasteiger partial charge in [0.2, 0.25) is 17.7 Å². The second-order valence-electron chi connectivity index (χ2n) is 9.39. The number of aliphatic carboxylic acids is 1. The highest BCUT2D eigenvalue weighted by Crippen LogP contribution is 2.44. The Morgan fingerprint density at radius 3 is 1.82 bits per heavy atom. The Morgan fingerprint density at radius 1 is 0.775 bits per heavy atom. The van der Waals surface area contributed by atoms with E-state index in [-0.39, 0.29) is 32.3 Å². The van der Waals surface area contributed by atoms with E-state index in [2.05, 4.69) is 21.3 Å².